The van der Waals surface area contributed by atoms with Crippen molar-refractivity contribution in [1.82, 2.24) is 15.5 Å². The van der Waals surface area contributed by atoms with Crippen molar-refractivity contribution < 1.29 is 22.8 Å². The number of carbonyl (C=O) groups excluding carboxylic acids is 2. The molecule has 0 saturated carbocycles. The molecule has 1 saturated heterocycles. The maximum absolute atomic E-state index is 14.0. The molecule has 6 nitrogen and oxygen atoms in total. The summed E-state index contributed by atoms with van der Waals surface area (Å²) in [5, 5.41) is 6.48. The Hall–Kier alpha value is -3.52. The second-order valence-electron chi connectivity index (χ2n) is 9.77. The average Bonchev–Trinajstić information content (AvgIpc) is 3.51. The van der Waals surface area contributed by atoms with E-state index < -0.39 is 17.6 Å². The van der Waals surface area contributed by atoms with E-state index in [9.17, 15) is 18.4 Å². The highest BCUT2D eigenvalue weighted by Crippen LogP contribution is 2.22. The average molecular weight is 526 g/mol. The van der Waals surface area contributed by atoms with E-state index in [1.165, 1.54) is 17.2 Å². The van der Waals surface area contributed by atoms with Crippen LogP contribution in [-0.2, 0) is 29.1 Å². The largest absolute Gasteiger partial charge is 0.467 e. The Bertz CT molecular complexity index is 1160. The van der Waals surface area contributed by atoms with Crippen LogP contribution in [0.3, 0.4) is 0 Å². The first-order valence-corrected chi connectivity index (χ1v) is 13.0. The van der Waals surface area contributed by atoms with Crippen LogP contribution in [0.2, 0.25) is 0 Å². The number of hydrogen-bond donors (Lipinski definition) is 2. The molecule has 3 rings (SSSR count). The van der Waals surface area contributed by atoms with Gasteiger partial charge < -0.3 is 20.0 Å². The van der Waals surface area contributed by atoms with Crippen LogP contribution in [0, 0.1) is 5.92 Å². The summed E-state index contributed by atoms with van der Waals surface area (Å²) >= 11 is 0. The highest BCUT2D eigenvalue weighted by atomic mass is 19.1. The minimum absolute atomic E-state index is 0.0937. The number of aryl methyl sites for hydroxylation is 1. The van der Waals surface area contributed by atoms with Gasteiger partial charge in [0, 0.05) is 31.6 Å². The summed E-state index contributed by atoms with van der Waals surface area (Å²) in [5.41, 5.74) is 3.11. The third-order valence-electron chi connectivity index (χ3n) is 6.50. The van der Waals surface area contributed by atoms with Gasteiger partial charge in [-0.05, 0) is 62.1 Å². The first-order valence-electron chi connectivity index (χ1n) is 13.0. The fourth-order valence-corrected chi connectivity index (χ4v) is 4.58. The molecule has 2 amide bonds. The molecule has 2 atom stereocenters. The fourth-order valence-electron chi connectivity index (χ4n) is 4.58. The minimum atomic E-state index is -0.863. The summed E-state index contributed by atoms with van der Waals surface area (Å²) < 4.78 is 32.3. The molecule has 0 aliphatic carbocycles. The Balaban J connectivity index is 1.60. The Morgan fingerprint density at radius 1 is 1.24 bits per heavy atom. The van der Waals surface area contributed by atoms with Gasteiger partial charge >= 0.3 is 0 Å². The van der Waals surface area contributed by atoms with Crippen molar-refractivity contribution in [3.05, 3.63) is 95.5 Å². The summed E-state index contributed by atoms with van der Waals surface area (Å²) in [5.74, 6) is -1.70. The quantitative estimate of drug-likeness (QED) is 0.251. The molecule has 1 fully saturated rings. The van der Waals surface area contributed by atoms with Crippen LogP contribution in [0.25, 0.3) is 0 Å². The topological polar surface area (TPSA) is 74.6 Å². The lowest BCUT2D eigenvalue weighted by atomic mass is 10.0. The lowest BCUT2D eigenvalue weighted by Gasteiger charge is -2.22. The summed E-state index contributed by atoms with van der Waals surface area (Å²) in [6.07, 6.45) is 5.61. The third-order valence-corrected chi connectivity index (χ3v) is 6.50. The molecule has 38 heavy (non-hydrogen) atoms. The van der Waals surface area contributed by atoms with Crippen molar-refractivity contribution in [2.45, 2.75) is 58.7 Å². The minimum Gasteiger partial charge on any atom is -0.467 e. The van der Waals surface area contributed by atoms with Crippen molar-refractivity contribution in [3.8, 4) is 0 Å². The van der Waals surface area contributed by atoms with Gasteiger partial charge in [-0.15, -0.1) is 0 Å². The molecule has 0 bridgehead atoms. The van der Waals surface area contributed by atoms with Gasteiger partial charge in [-0.25, -0.2) is 8.78 Å². The maximum Gasteiger partial charge on any atom is 0.225 e. The smallest absolute Gasteiger partial charge is 0.225 e. The zero-order chi connectivity index (χ0) is 27.5. The molecule has 1 aromatic heterocycles. The lowest BCUT2D eigenvalue weighted by Crippen LogP contribution is -2.41. The molecule has 1 aliphatic rings. The van der Waals surface area contributed by atoms with E-state index in [-0.39, 0.29) is 24.3 Å². The van der Waals surface area contributed by atoms with Crippen molar-refractivity contribution in [1.29, 1.82) is 0 Å². The molecular weight excluding hydrogens is 488 g/mol. The number of likely N-dealkylation sites (tertiary alicyclic amines) is 1. The SMILES string of the molecule is C=C(F)/C=C(F)\C=C(/C)CC(CCNCc1cccc(CC)c1)NC(=O)C1CC(=O)N(Cc2ccco2)C1. The first kappa shape index (κ1) is 29.0. The molecule has 2 N–H and O–H groups in total. The molecule has 0 spiro atoms. The summed E-state index contributed by atoms with van der Waals surface area (Å²) in [6, 6.07) is 11.6. The number of hydrogen-bond acceptors (Lipinski definition) is 4. The predicted octanol–water partition coefficient (Wildman–Crippen LogP) is 5.53. The Labute approximate surface area is 223 Å². The van der Waals surface area contributed by atoms with Crippen LogP contribution in [0.15, 0.2) is 83.0 Å². The van der Waals surface area contributed by atoms with Gasteiger partial charge in [0.05, 0.1) is 18.7 Å². The van der Waals surface area contributed by atoms with Gasteiger partial charge in [0.15, 0.2) is 0 Å². The zero-order valence-electron chi connectivity index (χ0n) is 22.1. The van der Waals surface area contributed by atoms with Crippen LogP contribution in [-0.4, -0.2) is 35.8 Å². The van der Waals surface area contributed by atoms with Gasteiger partial charge in [0.2, 0.25) is 11.8 Å². The van der Waals surface area contributed by atoms with Crippen molar-refractivity contribution in [2.24, 2.45) is 5.92 Å². The number of amides is 2. The number of carbonyl (C=O) groups is 2. The van der Waals surface area contributed by atoms with Crippen molar-refractivity contribution in [2.75, 3.05) is 13.1 Å². The molecule has 8 heteroatoms. The Kier molecular flexibility index (Phi) is 11.0. The van der Waals surface area contributed by atoms with E-state index in [4.69, 9.17) is 4.42 Å². The van der Waals surface area contributed by atoms with E-state index in [1.54, 1.807) is 30.2 Å². The lowest BCUT2D eigenvalue weighted by molar-refractivity contribution is -0.129. The summed E-state index contributed by atoms with van der Waals surface area (Å²) in [7, 11) is 0. The van der Waals surface area contributed by atoms with Crippen molar-refractivity contribution >= 4 is 11.8 Å². The van der Waals surface area contributed by atoms with Gasteiger partial charge in [-0.1, -0.05) is 43.3 Å². The number of nitrogens with zero attached hydrogens (tertiary/aromatic N) is 1. The van der Waals surface area contributed by atoms with Crippen LogP contribution in [0.4, 0.5) is 8.78 Å². The van der Waals surface area contributed by atoms with Crippen LogP contribution < -0.4 is 10.6 Å². The number of nitrogens with one attached hydrogen (secondary N) is 2. The van der Waals surface area contributed by atoms with Gasteiger partial charge in [0.25, 0.3) is 0 Å². The molecular formula is C30H37F2N3O3. The monoisotopic (exact) mass is 525 g/mol. The number of rotatable bonds is 14. The molecule has 2 aromatic rings. The number of furan rings is 1. The zero-order valence-corrected chi connectivity index (χ0v) is 22.1. The van der Waals surface area contributed by atoms with Gasteiger partial charge in [-0.2, -0.15) is 0 Å². The van der Waals surface area contributed by atoms with Crippen LogP contribution in [0.5, 0.6) is 0 Å². The first-order chi connectivity index (χ1) is 18.2. The molecule has 1 aliphatic heterocycles. The van der Waals surface area contributed by atoms with E-state index in [1.807, 2.05) is 6.07 Å². The van der Waals surface area contributed by atoms with Crippen molar-refractivity contribution in [3.63, 3.8) is 0 Å². The fraction of sp³-hybridized carbons (Fsp3) is 0.400. The highest BCUT2D eigenvalue weighted by molar-refractivity contribution is 5.89. The Morgan fingerprint density at radius 3 is 2.74 bits per heavy atom. The van der Waals surface area contributed by atoms with Crippen LogP contribution >= 0.6 is 0 Å². The highest BCUT2D eigenvalue weighted by Gasteiger charge is 2.35. The normalized spacial score (nSPS) is 17.1. The molecule has 2 unspecified atom stereocenters. The molecule has 204 valence electrons. The third kappa shape index (κ3) is 9.41. The van der Waals surface area contributed by atoms with Gasteiger partial charge in [-0.3, -0.25) is 9.59 Å². The number of allylic oxidation sites excluding steroid dienone is 4. The maximum atomic E-state index is 14.0. The second-order valence-corrected chi connectivity index (χ2v) is 9.77. The molecule has 1 aromatic carbocycles. The second kappa shape index (κ2) is 14.4. The standard InChI is InChI=1S/C30H37F2N3O3/c1-4-23-7-5-8-24(16-23)18-33-11-10-27(14-21(2)13-26(32)15-22(3)31)34-30(37)25-17-29(36)35(19-25)20-28-9-6-12-38-28/h5-9,12-13,15-16,25,27,33H,3-4,10-11,14,17-20H2,1-2H3,(H,34,37)/b21-13+,26-15+. The Morgan fingerprint density at radius 2 is 2.03 bits per heavy atom. The van der Waals surface area contributed by atoms with E-state index >= 15 is 0 Å². The molecule has 2 heterocycles. The number of benzene rings is 1. The van der Waals surface area contributed by atoms with E-state index in [0.29, 0.717) is 50.4 Å². The van der Waals surface area contributed by atoms with E-state index in [2.05, 4.69) is 42.3 Å². The molecule has 0 radical (unpaired) electrons. The number of halogens is 2. The van der Waals surface area contributed by atoms with E-state index in [0.717, 1.165) is 12.5 Å². The summed E-state index contributed by atoms with van der Waals surface area (Å²) in [4.78, 5) is 27.2. The predicted molar refractivity (Wildman–Crippen MR) is 144 cm³/mol. The van der Waals surface area contributed by atoms with Crippen LogP contribution in [0.1, 0.15) is 50.0 Å². The van der Waals surface area contributed by atoms with Gasteiger partial charge in [0.1, 0.15) is 17.4 Å². The summed E-state index contributed by atoms with van der Waals surface area (Å²) in [6.45, 7) is 8.87.